The number of methoxy groups -OCH3 is 1. The number of likely N-dealkylation sites (tertiary alicyclic amines) is 1. The molecule has 4 atom stereocenters. The van der Waals surface area contributed by atoms with Crippen molar-refractivity contribution in [2.24, 2.45) is 11.3 Å². The highest BCUT2D eigenvalue weighted by Crippen LogP contribution is 2.69. The van der Waals surface area contributed by atoms with Crippen molar-refractivity contribution >= 4 is 34.9 Å². The van der Waals surface area contributed by atoms with Crippen LogP contribution in [-0.4, -0.2) is 36.9 Å². The average molecular weight is 630 g/mol. The van der Waals surface area contributed by atoms with Gasteiger partial charge in [-0.15, -0.1) is 11.3 Å². The Balaban J connectivity index is 1.24. The topological polar surface area (TPSA) is 79.9 Å². The molecule has 0 spiro atoms. The molecule has 1 saturated carbocycles. The van der Waals surface area contributed by atoms with Crippen LogP contribution in [0.15, 0.2) is 103 Å². The molecule has 2 bridgehead atoms. The zero-order valence-electron chi connectivity index (χ0n) is 25.6. The SMILES string of the molecule is COc1ccccc1/C=C/C(=O)N1C[C@H]2[C@]3(c4ccc5c(c4)NC=CO5)CC[C@@H](c4ccccc43)[C@@]2(C(=O)NCc2cccs2)C1. The molecule has 1 aromatic heterocycles. The molecule has 3 heterocycles. The standard InChI is InChI=1S/C38H35N3O4S/c1-44-32-11-5-2-7-25(32)12-15-35(42)41-23-34-37(26-13-14-33-31(21-26)39-18-19-45-33)17-16-30(28-9-3-4-10-29(28)37)38(34,24-41)36(43)40-22-27-8-6-20-46-27/h2-15,18-21,30,34,39H,16-17,22-24H2,1H3,(H,40,43)/b15-12+/t30-,34-,37-,38-/m0/s1. The van der Waals surface area contributed by atoms with Crippen LogP contribution in [0.3, 0.4) is 0 Å². The second-order valence-electron chi connectivity index (χ2n) is 12.6. The van der Waals surface area contributed by atoms with Gasteiger partial charge >= 0.3 is 0 Å². The minimum Gasteiger partial charge on any atom is -0.496 e. The maximum absolute atomic E-state index is 14.8. The highest BCUT2D eigenvalue weighted by atomic mass is 32.1. The van der Waals surface area contributed by atoms with E-state index >= 15 is 0 Å². The number of fused-ring (bicyclic) bond motifs is 2. The van der Waals surface area contributed by atoms with Crippen molar-refractivity contribution in [2.45, 2.75) is 30.7 Å². The molecule has 3 aliphatic carbocycles. The molecule has 9 rings (SSSR count). The molecule has 1 saturated heterocycles. The third kappa shape index (κ3) is 4.31. The van der Waals surface area contributed by atoms with Crippen molar-refractivity contribution in [1.82, 2.24) is 10.2 Å². The third-order valence-electron chi connectivity index (χ3n) is 10.6. The molecule has 2 amide bonds. The van der Waals surface area contributed by atoms with Crippen LogP contribution in [0.5, 0.6) is 11.5 Å². The number of hydrogen-bond acceptors (Lipinski definition) is 6. The van der Waals surface area contributed by atoms with Crippen molar-refractivity contribution in [3.63, 3.8) is 0 Å². The number of thiophene rings is 1. The minimum absolute atomic E-state index is 0.00285. The van der Waals surface area contributed by atoms with Crippen LogP contribution in [0.4, 0.5) is 5.69 Å². The van der Waals surface area contributed by atoms with Crippen molar-refractivity contribution in [3.8, 4) is 11.5 Å². The van der Waals surface area contributed by atoms with E-state index < -0.39 is 10.8 Å². The second-order valence-corrected chi connectivity index (χ2v) is 13.6. The first-order chi connectivity index (χ1) is 22.5. The molecule has 2 fully saturated rings. The number of hydrogen-bond donors (Lipinski definition) is 2. The Morgan fingerprint density at radius 2 is 1.98 bits per heavy atom. The minimum atomic E-state index is -0.794. The number of ether oxygens (including phenoxy) is 2. The summed E-state index contributed by atoms with van der Waals surface area (Å²) in [6.07, 6.45) is 8.63. The largest absolute Gasteiger partial charge is 0.496 e. The summed E-state index contributed by atoms with van der Waals surface area (Å²) >= 11 is 1.64. The lowest BCUT2D eigenvalue weighted by Crippen LogP contribution is -2.62. The maximum Gasteiger partial charge on any atom is 0.246 e. The van der Waals surface area contributed by atoms with Crippen molar-refractivity contribution in [2.75, 3.05) is 25.5 Å². The lowest BCUT2D eigenvalue weighted by molar-refractivity contribution is -0.139. The third-order valence-corrected chi connectivity index (χ3v) is 11.5. The van der Waals surface area contributed by atoms with Crippen LogP contribution in [0.2, 0.25) is 0 Å². The normalized spacial score (nSPS) is 25.3. The Hall–Kier alpha value is -4.82. The van der Waals surface area contributed by atoms with Gasteiger partial charge in [-0.25, -0.2) is 0 Å². The Labute approximate surface area is 272 Å². The fourth-order valence-electron chi connectivity index (χ4n) is 8.72. The van der Waals surface area contributed by atoms with Crippen molar-refractivity contribution in [1.29, 1.82) is 0 Å². The quantitative estimate of drug-likeness (QED) is 0.223. The van der Waals surface area contributed by atoms with Crippen LogP contribution in [0.1, 0.15) is 45.9 Å². The van der Waals surface area contributed by atoms with Gasteiger partial charge in [0, 0.05) is 53.1 Å². The summed E-state index contributed by atoms with van der Waals surface area (Å²) in [4.78, 5) is 31.9. The molecule has 5 aliphatic rings. The Morgan fingerprint density at radius 3 is 2.85 bits per heavy atom. The highest BCUT2D eigenvalue weighted by Gasteiger charge is 2.70. The van der Waals surface area contributed by atoms with E-state index in [1.807, 2.05) is 58.8 Å². The van der Waals surface area contributed by atoms with Gasteiger partial charge in [-0.1, -0.05) is 54.6 Å². The summed E-state index contributed by atoms with van der Waals surface area (Å²) in [5, 5.41) is 8.72. The number of rotatable bonds is 7. The molecule has 0 radical (unpaired) electrons. The van der Waals surface area contributed by atoms with Gasteiger partial charge in [0.2, 0.25) is 11.8 Å². The summed E-state index contributed by atoms with van der Waals surface area (Å²) in [7, 11) is 1.63. The number of nitrogens with zero attached hydrogens (tertiary/aromatic N) is 1. The molecular weight excluding hydrogens is 595 g/mol. The molecule has 2 N–H and O–H groups in total. The van der Waals surface area contributed by atoms with Gasteiger partial charge in [-0.2, -0.15) is 0 Å². The van der Waals surface area contributed by atoms with Crippen LogP contribution in [0.25, 0.3) is 6.08 Å². The van der Waals surface area contributed by atoms with Crippen LogP contribution < -0.4 is 20.1 Å². The highest BCUT2D eigenvalue weighted by molar-refractivity contribution is 7.09. The fourth-order valence-corrected chi connectivity index (χ4v) is 9.36. The lowest BCUT2D eigenvalue weighted by atomic mass is 9.42. The predicted molar refractivity (Wildman–Crippen MR) is 180 cm³/mol. The number of nitrogens with one attached hydrogen (secondary N) is 2. The van der Waals surface area contributed by atoms with Crippen LogP contribution >= 0.6 is 11.3 Å². The predicted octanol–water partition coefficient (Wildman–Crippen LogP) is 6.68. The van der Waals surface area contributed by atoms with Gasteiger partial charge in [-0.05, 0) is 65.3 Å². The number of carbonyl (C=O) groups is 2. The summed E-state index contributed by atoms with van der Waals surface area (Å²) in [6, 6.07) is 26.7. The molecule has 8 heteroatoms. The van der Waals surface area contributed by atoms with E-state index in [1.165, 1.54) is 11.1 Å². The van der Waals surface area contributed by atoms with E-state index in [9.17, 15) is 9.59 Å². The van der Waals surface area contributed by atoms with Gasteiger partial charge in [-0.3, -0.25) is 9.59 Å². The molecule has 232 valence electrons. The molecule has 2 aliphatic heterocycles. The summed E-state index contributed by atoms with van der Waals surface area (Å²) in [6.45, 7) is 1.31. The van der Waals surface area contributed by atoms with E-state index in [-0.39, 0.29) is 23.7 Å². The second kappa shape index (κ2) is 11.2. The number of carbonyl (C=O) groups excluding carboxylic acids is 2. The van der Waals surface area contributed by atoms with Gasteiger partial charge < -0.3 is 25.0 Å². The fraction of sp³-hybridized carbons (Fsp3) is 0.263. The zero-order valence-corrected chi connectivity index (χ0v) is 26.4. The summed E-state index contributed by atoms with van der Waals surface area (Å²) < 4.78 is 11.3. The average Bonchev–Trinajstić information content (AvgIpc) is 3.80. The number of amides is 2. The summed E-state index contributed by atoms with van der Waals surface area (Å²) in [5.41, 5.74) is 4.10. The van der Waals surface area contributed by atoms with Crippen LogP contribution in [0, 0.1) is 11.3 Å². The van der Waals surface area contributed by atoms with Gasteiger partial charge in [0.15, 0.2) is 0 Å². The Morgan fingerprint density at radius 1 is 1.11 bits per heavy atom. The molecule has 0 unspecified atom stereocenters. The lowest BCUT2D eigenvalue weighted by Gasteiger charge is -2.60. The first kappa shape index (κ1) is 28.6. The first-order valence-corrected chi connectivity index (χ1v) is 16.7. The number of para-hydroxylation sites is 1. The monoisotopic (exact) mass is 629 g/mol. The molecule has 4 aromatic rings. The Kier molecular flexibility index (Phi) is 6.98. The van der Waals surface area contributed by atoms with Crippen molar-refractivity contribution < 1.29 is 19.1 Å². The van der Waals surface area contributed by atoms with Gasteiger partial charge in [0.05, 0.1) is 24.8 Å². The van der Waals surface area contributed by atoms with E-state index in [0.29, 0.717) is 25.4 Å². The Bertz CT molecular complexity index is 1880. The van der Waals surface area contributed by atoms with Crippen LogP contribution in [-0.2, 0) is 21.5 Å². The molecule has 46 heavy (non-hydrogen) atoms. The molecule has 3 aromatic carbocycles. The maximum atomic E-state index is 14.8. The summed E-state index contributed by atoms with van der Waals surface area (Å²) in [5.74, 6) is 1.27. The van der Waals surface area contributed by atoms with E-state index in [1.54, 1.807) is 37.0 Å². The van der Waals surface area contributed by atoms with Gasteiger partial charge in [0.25, 0.3) is 0 Å². The van der Waals surface area contributed by atoms with Gasteiger partial charge in [0.1, 0.15) is 17.8 Å². The smallest absolute Gasteiger partial charge is 0.246 e. The van der Waals surface area contributed by atoms with E-state index in [2.05, 4.69) is 47.0 Å². The first-order valence-electron chi connectivity index (χ1n) is 15.8. The van der Waals surface area contributed by atoms with E-state index in [0.717, 1.165) is 40.3 Å². The number of anilines is 1. The zero-order chi connectivity index (χ0) is 31.3. The van der Waals surface area contributed by atoms with E-state index in [4.69, 9.17) is 9.47 Å². The molecular formula is C38H35N3O4S. The molecule has 7 nitrogen and oxygen atoms in total. The number of benzene rings is 3. The van der Waals surface area contributed by atoms with Crippen molar-refractivity contribution in [3.05, 3.63) is 130 Å².